The summed E-state index contributed by atoms with van der Waals surface area (Å²) in [6.45, 7) is 0. The molecule has 1 aliphatic rings. The number of aryl methyl sites for hydroxylation is 1. The van der Waals surface area contributed by atoms with Crippen molar-refractivity contribution in [2.45, 2.75) is 30.9 Å². The van der Waals surface area contributed by atoms with Crippen molar-refractivity contribution in [3.63, 3.8) is 0 Å². The van der Waals surface area contributed by atoms with Crippen LogP contribution in [-0.4, -0.2) is 25.9 Å². The molecule has 2 nitrogen and oxygen atoms in total. The number of methoxy groups -OCH3 is 2. The van der Waals surface area contributed by atoms with Crippen LogP contribution < -0.4 is 9.47 Å². The zero-order chi connectivity index (χ0) is 13.7. The van der Waals surface area contributed by atoms with E-state index in [1.54, 1.807) is 14.2 Å². The average molecular weight is 301 g/mol. The standard InChI is InChI=1S/C15H21ClO2S/c1-17-13-9-11-5-4-8-19-15(6-3-7-16)12(11)10-14(13)18-2/h9-10,15H,3-8H2,1-2H3. The predicted molar refractivity (Wildman–Crippen MR) is 83.0 cm³/mol. The maximum absolute atomic E-state index is 5.84. The summed E-state index contributed by atoms with van der Waals surface area (Å²) >= 11 is 7.89. The summed E-state index contributed by atoms with van der Waals surface area (Å²) in [5.74, 6) is 3.62. The van der Waals surface area contributed by atoms with Crippen molar-refractivity contribution in [2.75, 3.05) is 25.9 Å². The van der Waals surface area contributed by atoms with Gasteiger partial charge in [0.1, 0.15) is 0 Å². The van der Waals surface area contributed by atoms with Crippen molar-refractivity contribution >= 4 is 23.4 Å². The number of halogens is 1. The molecule has 0 amide bonds. The van der Waals surface area contributed by atoms with Crippen molar-refractivity contribution in [2.24, 2.45) is 0 Å². The minimum absolute atomic E-state index is 0.538. The van der Waals surface area contributed by atoms with E-state index in [4.69, 9.17) is 21.1 Å². The molecule has 0 saturated heterocycles. The van der Waals surface area contributed by atoms with Gasteiger partial charge in [-0.1, -0.05) is 0 Å². The summed E-state index contributed by atoms with van der Waals surface area (Å²) in [6, 6.07) is 4.30. The first kappa shape index (κ1) is 14.9. The number of rotatable bonds is 5. The van der Waals surface area contributed by atoms with E-state index in [0.717, 1.165) is 36.6 Å². The van der Waals surface area contributed by atoms with Crippen LogP contribution in [0.1, 0.15) is 35.6 Å². The van der Waals surface area contributed by atoms with Crippen molar-refractivity contribution < 1.29 is 9.47 Å². The van der Waals surface area contributed by atoms with Crippen LogP contribution in [0.4, 0.5) is 0 Å². The number of thioether (sulfide) groups is 1. The summed E-state index contributed by atoms with van der Waals surface area (Å²) in [5.41, 5.74) is 2.81. The topological polar surface area (TPSA) is 18.5 Å². The molecule has 106 valence electrons. The molecule has 0 bridgehead atoms. The zero-order valence-corrected chi connectivity index (χ0v) is 13.1. The molecule has 1 aromatic rings. The minimum Gasteiger partial charge on any atom is -0.493 e. The largest absolute Gasteiger partial charge is 0.493 e. The molecule has 1 unspecified atom stereocenters. The number of hydrogen-bond acceptors (Lipinski definition) is 3. The fourth-order valence-corrected chi connectivity index (χ4v) is 4.01. The van der Waals surface area contributed by atoms with Gasteiger partial charge >= 0.3 is 0 Å². The average Bonchev–Trinajstić information content (AvgIpc) is 2.65. The van der Waals surface area contributed by atoms with Crippen LogP contribution >= 0.6 is 23.4 Å². The van der Waals surface area contributed by atoms with Gasteiger partial charge < -0.3 is 9.47 Å². The summed E-state index contributed by atoms with van der Waals surface area (Å²) in [7, 11) is 3.39. The Bertz CT molecular complexity index is 423. The quantitative estimate of drug-likeness (QED) is 0.749. The second-order valence-corrected chi connectivity index (χ2v) is 6.39. The van der Waals surface area contributed by atoms with E-state index in [2.05, 4.69) is 12.1 Å². The van der Waals surface area contributed by atoms with E-state index in [0.29, 0.717) is 5.25 Å². The fourth-order valence-electron chi connectivity index (χ4n) is 2.53. The lowest BCUT2D eigenvalue weighted by Gasteiger charge is -2.19. The lowest BCUT2D eigenvalue weighted by Crippen LogP contribution is -2.01. The van der Waals surface area contributed by atoms with Gasteiger partial charge in [-0.05, 0) is 54.7 Å². The van der Waals surface area contributed by atoms with Crippen LogP contribution in [0.15, 0.2) is 12.1 Å². The third-order valence-corrected chi connectivity index (χ3v) is 5.19. The Labute approximate surface area is 124 Å². The molecule has 0 aromatic heterocycles. The summed E-state index contributed by atoms with van der Waals surface area (Å²) in [5, 5.41) is 0.538. The van der Waals surface area contributed by atoms with Gasteiger partial charge in [-0.25, -0.2) is 0 Å². The van der Waals surface area contributed by atoms with Gasteiger partial charge in [0, 0.05) is 11.1 Å². The van der Waals surface area contributed by atoms with Gasteiger partial charge in [-0.2, -0.15) is 11.8 Å². The smallest absolute Gasteiger partial charge is 0.161 e. The Morgan fingerprint density at radius 1 is 1.26 bits per heavy atom. The number of hydrogen-bond donors (Lipinski definition) is 0. The van der Waals surface area contributed by atoms with E-state index in [1.807, 2.05) is 11.8 Å². The molecule has 0 spiro atoms. The van der Waals surface area contributed by atoms with Crippen LogP contribution in [0, 0.1) is 0 Å². The molecule has 1 heterocycles. The van der Waals surface area contributed by atoms with E-state index in [9.17, 15) is 0 Å². The molecule has 0 aliphatic carbocycles. The monoisotopic (exact) mass is 300 g/mol. The number of fused-ring (bicyclic) bond motifs is 1. The first-order chi connectivity index (χ1) is 9.30. The first-order valence-electron chi connectivity index (χ1n) is 6.72. The third kappa shape index (κ3) is 3.51. The SMILES string of the molecule is COc1cc2c(cc1OC)C(CCCCl)SCCC2. The molecule has 1 atom stereocenters. The molecule has 1 aromatic carbocycles. The second-order valence-electron chi connectivity index (χ2n) is 4.70. The summed E-state index contributed by atoms with van der Waals surface area (Å²) < 4.78 is 10.8. The Kier molecular flexibility index (Phi) is 5.71. The van der Waals surface area contributed by atoms with Gasteiger partial charge in [0.05, 0.1) is 14.2 Å². The second kappa shape index (κ2) is 7.30. The van der Waals surface area contributed by atoms with Crippen LogP contribution in [0.25, 0.3) is 0 Å². The first-order valence-corrected chi connectivity index (χ1v) is 8.30. The van der Waals surface area contributed by atoms with Crippen molar-refractivity contribution in [1.82, 2.24) is 0 Å². The summed E-state index contributed by atoms with van der Waals surface area (Å²) in [6.07, 6.45) is 4.55. The van der Waals surface area contributed by atoms with Crippen LogP contribution in [-0.2, 0) is 6.42 Å². The zero-order valence-electron chi connectivity index (χ0n) is 11.6. The Hall–Kier alpha value is -0.540. The van der Waals surface area contributed by atoms with E-state index in [-0.39, 0.29) is 0 Å². The molecule has 0 N–H and O–H groups in total. The Morgan fingerprint density at radius 2 is 2.00 bits per heavy atom. The molecule has 2 rings (SSSR count). The highest BCUT2D eigenvalue weighted by Crippen LogP contribution is 2.43. The van der Waals surface area contributed by atoms with Gasteiger partial charge in [0.25, 0.3) is 0 Å². The van der Waals surface area contributed by atoms with Gasteiger partial charge in [-0.15, -0.1) is 11.6 Å². The maximum atomic E-state index is 5.84. The highest BCUT2D eigenvalue weighted by molar-refractivity contribution is 7.99. The highest BCUT2D eigenvalue weighted by atomic mass is 35.5. The number of ether oxygens (including phenoxy) is 2. The minimum atomic E-state index is 0.538. The molecule has 0 fully saturated rings. The fraction of sp³-hybridized carbons (Fsp3) is 0.600. The molecule has 4 heteroatoms. The Balaban J connectivity index is 2.35. The molecule has 19 heavy (non-hydrogen) atoms. The van der Waals surface area contributed by atoms with Crippen LogP contribution in [0.2, 0.25) is 0 Å². The van der Waals surface area contributed by atoms with E-state index in [1.165, 1.54) is 23.3 Å². The molecule has 1 aliphatic heterocycles. The molecular formula is C15H21ClO2S. The summed E-state index contributed by atoms with van der Waals surface area (Å²) in [4.78, 5) is 0. The maximum Gasteiger partial charge on any atom is 0.161 e. The Morgan fingerprint density at radius 3 is 2.68 bits per heavy atom. The normalized spacial score (nSPS) is 18.6. The van der Waals surface area contributed by atoms with Gasteiger partial charge in [-0.3, -0.25) is 0 Å². The van der Waals surface area contributed by atoms with Crippen molar-refractivity contribution in [1.29, 1.82) is 0 Å². The van der Waals surface area contributed by atoms with E-state index >= 15 is 0 Å². The molecule has 0 saturated carbocycles. The lowest BCUT2D eigenvalue weighted by molar-refractivity contribution is 0.354. The number of benzene rings is 1. The lowest BCUT2D eigenvalue weighted by atomic mass is 9.97. The van der Waals surface area contributed by atoms with Crippen LogP contribution in [0.5, 0.6) is 11.5 Å². The molecular weight excluding hydrogens is 280 g/mol. The third-order valence-electron chi connectivity index (χ3n) is 3.50. The van der Waals surface area contributed by atoms with Gasteiger partial charge in [0.15, 0.2) is 11.5 Å². The number of alkyl halides is 1. The van der Waals surface area contributed by atoms with Gasteiger partial charge in [0.2, 0.25) is 0 Å². The highest BCUT2D eigenvalue weighted by Gasteiger charge is 2.21. The predicted octanol–water partition coefficient (Wildman–Crippen LogP) is 4.44. The van der Waals surface area contributed by atoms with Crippen molar-refractivity contribution in [3.8, 4) is 11.5 Å². The van der Waals surface area contributed by atoms with E-state index < -0.39 is 0 Å². The van der Waals surface area contributed by atoms with Crippen molar-refractivity contribution in [3.05, 3.63) is 23.3 Å². The van der Waals surface area contributed by atoms with Crippen LogP contribution in [0.3, 0.4) is 0 Å². The molecule has 0 radical (unpaired) electrons.